The van der Waals surface area contributed by atoms with Crippen LogP contribution in [0.5, 0.6) is 0 Å². The molecule has 2 amide bonds. The van der Waals surface area contributed by atoms with Crippen molar-refractivity contribution in [2.75, 3.05) is 62.2 Å². The maximum Gasteiger partial charge on any atom is 0.320 e. The Bertz CT molecular complexity index is 919. The van der Waals surface area contributed by atoms with Gasteiger partial charge in [-0.25, -0.2) is 4.79 Å². The highest BCUT2D eigenvalue weighted by atomic mass is 16.2. The Morgan fingerprint density at radius 1 is 0.688 bits per heavy atom. The summed E-state index contributed by atoms with van der Waals surface area (Å²) < 4.78 is 0. The van der Waals surface area contributed by atoms with Crippen LogP contribution < -0.4 is 9.80 Å². The molecule has 0 spiro atoms. The molecular weight excluding hydrogens is 396 g/mol. The number of aryl methyl sites for hydroxylation is 2. The molecule has 4 rings (SSSR count). The van der Waals surface area contributed by atoms with Crippen LogP contribution in [0.25, 0.3) is 12.2 Å². The number of amides is 2. The minimum Gasteiger partial charge on any atom is -0.367 e. The molecular formula is C27H34N4O. The first-order valence-corrected chi connectivity index (χ1v) is 11.5. The van der Waals surface area contributed by atoms with Gasteiger partial charge < -0.3 is 19.6 Å². The minimum absolute atomic E-state index is 0.171. The molecule has 2 saturated heterocycles. The quantitative estimate of drug-likeness (QED) is 0.707. The second-order valence-electron chi connectivity index (χ2n) is 8.76. The van der Waals surface area contributed by atoms with Gasteiger partial charge >= 0.3 is 6.03 Å². The lowest BCUT2D eigenvalue weighted by Gasteiger charge is -2.42. The summed E-state index contributed by atoms with van der Waals surface area (Å²) in [5, 5.41) is 0. The van der Waals surface area contributed by atoms with Crippen LogP contribution in [0.1, 0.15) is 22.3 Å². The zero-order valence-corrected chi connectivity index (χ0v) is 19.4. The molecule has 0 aromatic heterocycles. The molecule has 2 aliphatic rings. The van der Waals surface area contributed by atoms with E-state index in [1.807, 2.05) is 22.0 Å². The van der Waals surface area contributed by atoms with Crippen molar-refractivity contribution >= 4 is 29.6 Å². The Morgan fingerprint density at radius 3 is 1.41 bits per heavy atom. The van der Waals surface area contributed by atoms with E-state index in [1.54, 1.807) is 0 Å². The van der Waals surface area contributed by atoms with Crippen molar-refractivity contribution in [3.05, 3.63) is 71.8 Å². The van der Waals surface area contributed by atoms with E-state index in [4.69, 9.17) is 0 Å². The average molecular weight is 431 g/mol. The van der Waals surface area contributed by atoms with E-state index >= 15 is 0 Å². The predicted molar refractivity (Wildman–Crippen MR) is 136 cm³/mol. The van der Waals surface area contributed by atoms with Crippen molar-refractivity contribution in [3.63, 3.8) is 0 Å². The highest BCUT2D eigenvalue weighted by molar-refractivity contribution is 5.76. The lowest BCUT2D eigenvalue weighted by Crippen LogP contribution is -2.57. The number of anilines is 2. The topological polar surface area (TPSA) is 30.0 Å². The molecule has 5 heteroatoms. The Balaban J connectivity index is 1.33. The maximum atomic E-state index is 13.2. The van der Waals surface area contributed by atoms with Gasteiger partial charge in [-0.15, -0.1) is 0 Å². The predicted octanol–water partition coefficient (Wildman–Crippen LogP) is 4.65. The molecule has 2 aromatic rings. The van der Waals surface area contributed by atoms with Crippen LogP contribution in [0.4, 0.5) is 16.2 Å². The molecule has 32 heavy (non-hydrogen) atoms. The van der Waals surface area contributed by atoms with Crippen molar-refractivity contribution in [2.45, 2.75) is 13.8 Å². The second-order valence-corrected chi connectivity index (χ2v) is 8.76. The smallest absolute Gasteiger partial charge is 0.320 e. The van der Waals surface area contributed by atoms with Crippen molar-refractivity contribution in [2.24, 2.45) is 0 Å². The molecule has 0 radical (unpaired) electrons. The van der Waals surface area contributed by atoms with Gasteiger partial charge in [0.1, 0.15) is 0 Å². The Labute approximate surface area is 192 Å². The monoisotopic (exact) mass is 430 g/mol. The van der Waals surface area contributed by atoms with Crippen LogP contribution in [0.3, 0.4) is 0 Å². The van der Waals surface area contributed by atoms with E-state index in [9.17, 15) is 4.79 Å². The zero-order chi connectivity index (χ0) is 22.7. The summed E-state index contributed by atoms with van der Waals surface area (Å²) in [5.41, 5.74) is 7.22. The first kappa shape index (κ1) is 22.0. The summed E-state index contributed by atoms with van der Waals surface area (Å²) in [4.78, 5) is 21.9. The van der Waals surface area contributed by atoms with Crippen molar-refractivity contribution in [1.29, 1.82) is 0 Å². The van der Waals surface area contributed by atoms with E-state index < -0.39 is 0 Å². The Morgan fingerprint density at radius 2 is 1.06 bits per heavy atom. The number of carbonyl (C=O) groups excluding carboxylic acids is 1. The minimum atomic E-state index is 0.171. The summed E-state index contributed by atoms with van der Waals surface area (Å²) >= 11 is 0. The lowest BCUT2D eigenvalue weighted by molar-refractivity contribution is 0.147. The maximum absolute atomic E-state index is 13.2. The van der Waals surface area contributed by atoms with Gasteiger partial charge in [0.15, 0.2) is 0 Å². The molecule has 2 aromatic carbocycles. The molecule has 2 aliphatic heterocycles. The Hall–Kier alpha value is -3.21. The standard InChI is InChI=1S/C27H34N4O/c1-5-23-19-21(3)7-9-25(23)28-11-15-30(16-12-28)27(32)31-17-13-29(14-18-31)26-10-8-22(4)20-24(26)6-2/h5-10,19-20H,1-2,11-18H2,3-4H3. The first-order valence-electron chi connectivity index (χ1n) is 11.5. The van der Waals surface area contributed by atoms with Gasteiger partial charge in [0.05, 0.1) is 0 Å². The summed E-state index contributed by atoms with van der Waals surface area (Å²) in [5.74, 6) is 0. The van der Waals surface area contributed by atoms with Gasteiger partial charge in [-0.1, -0.05) is 48.6 Å². The number of urea groups is 1. The third-order valence-corrected chi connectivity index (χ3v) is 6.59. The average Bonchev–Trinajstić information content (AvgIpc) is 2.83. The summed E-state index contributed by atoms with van der Waals surface area (Å²) in [6.07, 6.45) is 3.84. The van der Waals surface area contributed by atoms with Crippen LogP contribution in [0.15, 0.2) is 49.6 Å². The summed E-state index contributed by atoms with van der Waals surface area (Å²) in [7, 11) is 0. The van der Waals surface area contributed by atoms with Gasteiger partial charge in [-0.05, 0) is 49.2 Å². The SMILES string of the molecule is C=Cc1cc(C)ccc1N1CCN(C(=O)N2CCN(c3ccc(C)cc3C=C)CC2)CC1. The number of hydrogen-bond donors (Lipinski definition) is 0. The Kier molecular flexibility index (Phi) is 6.54. The van der Waals surface area contributed by atoms with Gasteiger partial charge in [-0.2, -0.15) is 0 Å². The van der Waals surface area contributed by atoms with Crippen LogP contribution in [-0.4, -0.2) is 68.2 Å². The van der Waals surface area contributed by atoms with Gasteiger partial charge in [0.25, 0.3) is 0 Å². The van der Waals surface area contributed by atoms with Gasteiger partial charge in [0.2, 0.25) is 0 Å². The van der Waals surface area contributed by atoms with Crippen molar-refractivity contribution in [3.8, 4) is 0 Å². The van der Waals surface area contributed by atoms with E-state index in [1.165, 1.54) is 22.5 Å². The molecule has 0 bridgehead atoms. The third-order valence-electron chi connectivity index (χ3n) is 6.59. The van der Waals surface area contributed by atoms with Gasteiger partial charge in [-0.3, -0.25) is 0 Å². The van der Waals surface area contributed by atoms with E-state index in [0.29, 0.717) is 0 Å². The zero-order valence-electron chi connectivity index (χ0n) is 19.4. The molecule has 5 nitrogen and oxygen atoms in total. The van der Waals surface area contributed by atoms with Gasteiger partial charge in [0, 0.05) is 63.7 Å². The molecule has 0 saturated carbocycles. The fourth-order valence-electron chi connectivity index (χ4n) is 4.73. The fraction of sp³-hybridized carbons (Fsp3) is 0.370. The molecule has 0 aliphatic carbocycles. The number of benzene rings is 2. The van der Waals surface area contributed by atoms with Crippen LogP contribution in [0, 0.1) is 13.8 Å². The number of hydrogen-bond acceptors (Lipinski definition) is 3. The molecule has 0 atom stereocenters. The first-order chi connectivity index (χ1) is 15.5. The number of nitrogens with zero attached hydrogens (tertiary/aromatic N) is 4. The number of carbonyl (C=O) groups is 1. The lowest BCUT2D eigenvalue weighted by atomic mass is 10.1. The largest absolute Gasteiger partial charge is 0.367 e. The van der Waals surface area contributed by atoms with E-state index in [0.717, 1.165) is 63.5 Å². The molecule has 168 valence electrons. The van der Waals surface area contributed by atoms with Crippen molar-refractivity contribution < 1.29 is 4.79 Å². The van der Waals surface area contributed by atoms with E-state index in [-0.39, 0.29) is 6.03 Å². The van der Waals surface area contributed by atoms with E-state index in [2.05, 4.69) is 73.2 Å². The molecule has 2 fully saturated rings. The van der Waals surface area contributed by atoms with Crippen LogP contribution >= 0.6 is 0 Å². The fourth-order valence-corrected chi connectivity index (χ4v) is 4.73. The molecule has 2 heterocycles. The van der Waals surface area contributed by atoms with Crippen molar-refractivity contribution in [1.82, 2.24) is 9.80 Å². The highest BCUT2D eigenvalue weighted by Gasteiger charge is 2.28. The summed E-state index contributed by atoms with van der Waals surface area (Å²) in [6.45, 7) is 18.5. The second kappa shape index (κ2) is 9.51. The highest BCUT2D eigenvalue weighted by Crippen LogP contribution is 2.26. The normalized spacial score (nSPS) is 16.8. The van der Waals surface area contributed by atoms with Crippen LogP contribution in [-0.2, 0) is 0 Å². The third kappa shape index (κ3) is 4.52. The number of piperazine rings is 2. The number of rotatable bonds is 4. The van der Waals surface area contributed by atoms with Crippen LogP contribution in [0.2, 0.25) is 0 Å². The summed E-state index contributed by atoms with van der Waals surface area (Å²) in [6, 6.07) is 13.1. The molecule has 0 unspecified atom stereocenters. The molecule has 0 N–H and O–H groups in total.